The number of carbonyl (C=O) groups is 2. The highest BCUT2D eigenvalue weighted by Crippen LogP contribution is 2.11. The van der Waals surface area contributed by atoms with Crippen LogP contribution >= 0.6 is 0 Å². The van der Waals surface area contributed by atoms with Gasteiger partial charge in [-0.2, -0.15) is 0 Å². The van der Waals surface area contributed by atoms with Gasteiger partial charge in [-0.1, -0.05) is 6.92 Å². The van der Waals surface area contributed by atoms with Crippen LogP contribution in [0.5, 0.6) is 0 Å². The van der Waals surface area contributed by atoms with Crippen LogP contribution in [-0.4, -0.2) is 67.7 Å². The zero-order chi connectivity index (χ0) is 12.4. The summed E-state index contributed by atoms with van der Waals surface area (Å²) < 4.78 is 5.61. The van der Waals surface area contributed by atoms with Crippen molar-refractivity contribution in [3.05, 3.63) is 0 Å². The van der Waals surface area contributed by atoms with E-state index in [1.165, 1.54) is 0 Å². The first-order valence-corrected chi connectivity index (χ1v) is 5.96. The maximum Gasteiger partial charge on any atom is 0.324 e. The fourth-order valence-corrected chi connectivity index (χ4v) is 2.18. The van der Waals surface area contributed by atoms with Crippen molar-refractivity contribution in [2.75, 3.05) is 39.8 Å². The van der Waals surface area contributed by atoms with Gasteiger partial charge in [0, 0.05) is 26.2 Å². The van der Waals surface area contributed by atoms with Crippen molar-refractivity contribution in [3.63, 3.8) is 0 Å². The Labute approximate surface area is 101 Å². The van der Waals surface area contributed by atoms with E-state index in [0.717, 1.165) is 13.1 Å². The molecule has 3 amide bonds. The zero-order valence-electron chi connectivity index (χ0n) is 10.3. The largest absolute Gasteiger partial charge is 0.374 e. The number of nitrogens with one attached hydrogen (secondary N) is 1. The second-order valence-electron chi connectivity index (χ2n) is 4.86. The molecule has 2 fully saturated rings. The lowest BCUT2D eigenvalue weighted by Crippen LogP contribution is -2.57. The van der Waals surface area contributed by atoms with Crippen molar-refractivity contribution >= 4 is 11.9 Å². The monoisotopic (exact) mass is 241 g/mol. The van der Waals surface area contributed by atoms with Crippen LogP contribution in [0.25, 0.3) is 0 Å². The van der Waals surface area contributed by atoms with Crippen LogP contribution in [0.4, 0.5) is 4.79 Å². The second kappa shape index (κ2) is 5.01. The molecular formula is C11H19N3O3. The number of rotatable bonds is 2. The molecular weight excluding hydrogens is 222 g/mol. The molecule has 0 bridgehead atoms. The molecule has 0 aliphatic carbocycles. The van der Waals surface area contributed by atoms with E-state index < -0.39 is 0 Å². The number of carbonyl (C=O) groups excluding carboxylic acids is 2. The molecule has 0 aromatic carbocycles. The first kappa shape index (κ1) is 12.3. The van der Waals surface area contributed by atoms with E-state index in [1.807, 2.05) is 14.0 Å². The van der Waals surface area contributed by atoms with E-state index in [2.05, 4.69) is 10.2 Å². The molecule has 2 unspecified atom stereocenters. The van der Waals surface area contributed by atoms with Crippen molar-refractivity contribution in [1.82, 2.24) is 15.1 Å². The number of hydrogen-bond acceptors (Lipinski definition) is 4. The summed E-state index contributed by atoms with van der Waals surface area (Å²) in [6.45, 7) is 5.31. The van der Waals surface area contributed by atoms with Gasteiger partial charge >= 0.3 is 6.03 Å². The summed E-state index contributed by atoms with van der Waals surface area (Å²) in [5.74, 6) is -0.332. The second-order valence-corrected chi connectivity index (χ2v) is 4.86. The van der Waals surface area contributed by atoms with Gasteiger partial charge in [0.25, 0.3) is 0 Å². The number of morpholine rings is 1. The van der Waals surface area contributed by atoms with Crippen LogP contribution in [0.3, 0.4) is 0 Å². The van der Waals surface area contributed by atoms with Gasteiger partial charge < -0.3 is 14.5 Å². The van der Waals surface area contributed by atoms with Crippen molar-refractivity contribution in [2.24, 2.45) is 5.92 Å². The summed E-state index contributed by atoms with van der Waals surface area (Å²) in [4.78, 5) is 26.8. The van der Waals surface area contributed by atoms with Crippen LogP contribution < -0.4 is 5.32 Å². The van der Waals surface area contributed by atoms with E-state index in [9.17, 15) is 9.59 Å². The molecule has 0 spiro atoms. The normalized spacial score (nSPS) is 31.5. The van der Waals surface area contributed by atoms with Crippen molar-refractivity contribution in [2.45, 2.75) is 13.0 Å². The molecule has 6 nitrogen and oxygen atoms in total. The summed E-state index contributed by atoms with van der Waals surface area (Å²) in [5, 5.41) is 2.36. The van der Waals surface area contributed by atoms with Gasteiger partial charge in [-0.15, -0.1) is 0 Å². The fourth-order valence-electron chi connectivity index (χ4n) is 2.18. The third-order valence-corrected chi connectivity index (χ3v) is 3.23. The lowest BCUT2D eigenvalue weighted by molar-refractivity contribution is -0.125. The number of likely N-dealkylation sites (N-methyl/N-ethyl adjacent to an activating group) is 1. The number of imide groups is 1. The highest BCUT2D eigenvalue weighted by Gasteiger charge is 2.31. The Bertz CT molecular complexity index is 321. The van der Waals surface area contributed by atoms with Gasteiger partial charge in [0.2, 0.25) is 5.91 Å². The van der Waals surface area contributed by atoms with Crippen LogP contribution in [0, 0.1) is 5.92 Å². The fraction of sp³-hybridized carbons (Fsp3) is 0.818. The summed E-state index contributed by atoms with van der Waals surface area (Å²) in [7, 11) is 2.04. The molecule has 0 aromatic rings. The Morgan fingerprint density at radius 1 is 1.41 bits per heavy atom. The smallest absolute Gasteiger partial charge is 0.324 e. The standard InChI is InChI=1S/C11H19N3O3/c1-8-5-14(11(16)12-10(8)15)7-9-6-13(2)3-4-17-9/h8-9H,3-7H2,1-2H3,(H,12,15,16). The number of urea groups is 1. The van der Waals surface area contributed by atoms with Gasteiger partial charge in [-0.25, -0.2) is 4.79 Å². The molecule has 1 N–H and O–H groups in total. The first-order chi connectivity index (χ1) is 8.06. The van der Waals surface area contributed by atoms with Crippen molar-refractivity contribution < 1.29 is 14.3 Å². The SMILES string of the molecule is CC1CN(CC2CN(C)CCO2)C(=O)NC1=O. The molecule has 2 heterocycles. The minimum Gasteiger partial charge on any atom is -0.374 e. The quantitative estimate of drug-likeness (QED) is 0.708. The minimum atomic E-state index is -0.301. The number of nitrogens with zero attached hydrogens (tertiary/aromatic N) is 2. The lowest BCUT2D eigenvalue weighted by Gasteiger charge is -2.36. The average molecular weight is 241 g/mol. The molecule has 2 saturated heterocycles. The summed E-state index contributed by atoms with van der Waals surface area (Å²) in [5.41, 5.74) is 0. The van der Waals surface area contributed by atoms with E-state index in [0.29, 0.717) is 19.7 Å². The molecule has 2 atom stereocenters. The third-order valence-electron chi connectivity index (χ3n) is 3.23. The first-order valence-electron chi connectivity index (χ1n) is 5.96. The molecule has 0 radical (unpaired) electrons. The Kier molecular flexibility index (Phi) is 3.63. The molecule has 0 saturated carbocycles. The van der Waals surface area contributed by atoms with Crippen molar-refractivity contribution in [3.8, 4) is 0 Å². The predicted molar refractivity (Wildman–Crippen MR) is 61.5 cm³/mol. The molecule has 2 aliphatic rings. The third kappa shape index (κ3) is 2.95. The average Bonchev–Trinajstić information content (AvgIpc) is 2.26. The van der Waals surface area contributed by atoms with E-state index in [1.54, 1.807) is 4.90 Å². The summed E-state index contributed by atoms with van der Waals surface area (Å²) >= 11 is 0. The Hall–Kier alpha value is -1.14. The molecule has 17 heavy (non-hydrogen) atoms. The highest BCUT2D eigenvalue weighted by atomic mass is 16.5. The molecule has 2 aliphatic heterocycles. The summed E-state index contributed by atoms with van der Waals surface area (Å²) in [6.07, 6.45) is 0.0416. The molecule has 0 aromatic heterocycles. The predicted octanol–water partition coefficient (Wildman–Crippen LogP) is -0.495. The summed E-state index contributed by atoms with van der Waals surface area (Å²) in [6, 6.07) is -0.301. The molecule has 6 heteroatoms. The highest BCUT2D eigenvalue weighted by molar-refractivity contribution is 5.97. The number of amides is 3. The van der Waals surface area contributed by atoms with Gasteiger partial charge in [-0.3, -0.25) is 10.1 Å². The molecule has 96 valence electrons. The van der Waals surface area contributed by atoms with Crippen LogP contribution in [0.1, 0.15) is 6.92 Å². The Morgan fingerprint density at radius 3 is 2.88 bits per heavy atom. The van der Waals surface area contributed by atoms with Crippen molar-refractivity contribution in [1.29, 1.82) is 0 Å². The Balaban J connectivity index is 1.89. The minimum absolute atomic E-state index is 0.0416. The maximum atomic E-state index is 11.6. The molecule has 2 rings (SSSR count). The van der Waals surface area contributed by atoms with Crippen LogP contribution in [-0.2, 0) is 9.53 Å². The number of hydrogen-bond donors (Lipinski definition) is 1. The van der Waals surface area contributed by atoms with Gasteiger partial charge in [0.1, 0.15) is 0 Å². The van der Waals surface area contributed by atoms with Crippen LogP contribution in [0.15, 0.2) is 0 Å². The van der Waals surface area contributed by atoms with Gasteiger partial charge in [0.05, 0.1) is 18.6 Å². The van der Waals surface area contributed by atoms with Gasteiger partial charge in [-0.05, 0) is 7.05 Å². The van der Waals surface area contributed by atoms with Gasteiger partial charge in [0.15, 0.2) is 0 Å². The Morgan fingerprint density at radius 2 is 2.18 bits per heavy atom. The van der Waals surface area contributed by atoms with Crippen LogP contribution in [0.2, 0.25) is 0 Å². The van der Waals surface area contributed by atoms with E-state index in [4.69, 9.17) is 4.74 Å². The van der Waals surface area contributed by atoms with E-state index >= 15 is 0 Å². The number of ether oxygens (including phenoxy) is 1. The maximum absolute atomic E-state index is 11.6. The lowest BCUT2D eigenvalue weighted by atomic mass is 10.1. The zero-order valence-corrected chi connectivity index (χ0v) is 10.3. The topological polar surface area (TPSA) is 61.9 Å². The van der Waals surface area contributed by atoms with E-state index in [-0.39, 0.29) is 24.0 Å².